The molecular formula is C10H14N6O9S. The van der Waals surface area contributed by atoms with Gasteiger partial charge in [0.2, 0.25) is 20.0 Å². The lowest BCUT2D eigenvalue weighted by Crippen LogP contribution is -2.59. The van der Waals surface area contributed by atoms with Crippen LogP contribution in [0, 0.1) is 37.3 Å². The number of hydrogen-bond donors (Lipinski definition) is 1. The van der Waals surface area contributed by atoms with Crippen LogP contribution in [0.25, 0.3) is 0 Å². The minimum Gasteiger partial charge on any atom is -0.282 e. The van der Waals surface area contributed by atoms with Gasteiger partial charge in [-0.05, 0) is 19.1 Å². The fourth-order valence-electron chi connectivity index (χ4n) is 1.72. The summed E-state index contributed by atoms with van der Waals surface area (Å²) in [6.07, 6.45) is 0. The van der Waals surface area contributed by atoms with Crippen molar-refractivity contribution in [3.63, 3.8) is 0 Å². The van der Waals surface area contributed by atoms with Crippen molar-refractivity contribution < 1.29 is 28.1 Å². The average molecular weight is 394 g/mol. The molecule has 0 aliphatic carbocycles. The van der Waals surface area contributed by atoms with Crippen LogP contribution in [-0.2, 0) is 10.1 Å². The third kappa shape index (κ3) is 5.98. The molecule has 0 bridgehead atoms. The normalized spacial score (nSPS) is 14.3. The highest BCUT2D eigenvalue weighted by molar-refractivity contribution is 7.85. The Hall–Kier alpha value is -3.27. The number of aryl methyl sites for hydroxylation is 1. The second kappa shape index (κ2) is 8.21. The van der Waals surface area contributed by atoms with Gasteiger partial charge in [0.05, 0.1) is 4.90 Å². The predicted octanol–water partition coefficient (Wildman–Crippen LogP) is -0.405. The first-order valence-corrected chi connectivity index (χ1v) is 8.07. The molecule has 0 unspecified atom stereocenters. The van der Waals surface area contributed by atoms with Crippen molar-refractivity contribution in [3.8, 4) is 0 Å². The van der Waals surface area contributed by atoms with Crippen molar-refractivity contribution >= 4 is 10.1 Å². The molecule has 0 spiro atoms. The number of rotatable bonds is 4. The summed E-state index contributed by atoms with van der Waals surface area (Å²) in [6, 6.07) is 5.99. The third-order valence-corrected chi connectivity index (χ3v) is 3.86. The molecule has 1 aliphatic rings. The lowest BCUT2D eigenvalue weighted by atomic mass is 10.2. The molecule has 26 heavy (non-hydrogen) atoms. The molecule has 0 radical (unpaired) electrons. The summed E-state index contributed by atoms with van der Waals surface area (Å²) < 4.78 is 29.6. The van der Waals surface area contributed by atoms with E-state index in [2.05, 4.69) is 0 Å². The Labute approximate surface area is 146 Å². The van der Waals surface area contributed by atoms with Crippen LogP contribution in [0.4, 0.5) is 0 Å². The maximum Gasteiger partial charge on any atom is 0.294 e. The first-order valence-electron chi connectivity index (χ1n) is 6.63. The average Bonchev–Trinajstić information content (AvgIpc) is 2.54. The molecule has 1 heterocycles. The zero-order valence-electron chi connectivity index (χ0n) is 13.2. The van der Waals surface area contributed by atoms with E-state index in [4.69, 9.17) is 4.55 Å². The van der Waals surface area contributed by atoms with Crippen LogP contribution in [0.1, 0.15) is 5.56 Å². The SMILES string of the molecule is Cc1ccc(S(=O)(=O)O)cc1.O=[N+]([O-])N1CN([N+](=O)[O-])CN([N+](=O)[O-])C1. The van der Waals surface area contributed by atoms with Crippen molar-refractivity contribution in [2.45, 2.75) is 11.8 Å². The van der Waals surface area contributed by atoms with Gasteiger partial charge in [0.15, 0.2) is 15.1 Å². The van der Waals surface area contributed by atoms with E-state index in [1.54, 1.807) is 12.1 Å². The molecule has 0 amide bonds. The van der Waals surface area contributed by atoms with Gasteiger partial charge in [0.25, 0.3) is 10.1 Å². The van der Waals surface area contributed by atoms with Crippen LogP contribution in [0.15, 0.2) is 29.2 Å². The topological polar surface area (TPSA) is 194 Å². The summed E-state index contributed by atoms with van der Waals surface area (Å²) in [5.74, 6) is 0. The van der Waals surface area contributed by atoms with Crippen LogP contribution < -0.4 is 0 Å². The van der Waals surface area contributed by atoms with Crippen molar-refractivity contribution in [1.29, 1.82) is 0 Å². The van der Waals surface area contributed by atoms with Crippen molar-refractivity contribution in [2.75, 3.05) is 20.0 Å². The van der Waals surface area contributed by atoms with Gasteiger partial charge >= 0.3 is 0 Å². The van der Waals surface area contributed by atoms with E-state index < -0.39 is 45.2 Å². The Morgan fingerprint density at radius 1 is 0.846 bits per heavy atom. The zero-order valence-corrected chi connectivity index (χ0v) is 14.1. The Balaban J connectivity index is 0.000000273. The van der Waals surface area contributed by atoms with E-state index in [0.717, 1.165) is 5.56 Å². The quantitative estimate of drug-likeness (QED) is 0.395. The minimum atomic E-state index is -4.02. The number of nitro groups is 3. The molecule has 0 aromatic heterocycles. The van der Waals surface area contributed by atoms with Crippen LogP contribution in [-0.4, -0.2) is 63.1 Å². The molecular weight excluding hydrogens is 380 g/mol. The van der Waals surface area contributed by atoms with Crippen LogP contribution in [0.3, 0.4) is 0 Å². The van der Waals surface area contributed by atoms with Crippen LogP contribution in [0.5, 0.6) is 0 Å². The highest BCUT2D eigenvalue weighted by atomic mass is 32.2. The molecule has 16 heteroatoms. The van der Waals surface area contributed by atoms with Gasteiger partial charge in [-0.1, -0.05) is 32.7 Å². The smallest absolute Gasteiger partial charge is 0.282 e. The molecule has 1 aliphatic heterocycles. The molecule has 1 fully saturated rings. The van der Waals surface area contributed by atoms with Crippen LogP contribution in [0.2, 0.25) is 0 Å². The second-order valence-corrected chi connectivity index (χ2v) is 6.37. The zero-order chi connectivity index (χ0) is 20.1. The Bertz CT molecular complexity index is 729. The Morgan fingerprint density at radius 3 is 1.38 bits per heavy atom. The highest BCUT2D eigenvalue weighted by Gasteiger charge is 2.39. The van der Waals surface area contributed by atoms with Gasteiger partial charge in [0.1, 0.15) is 0 Å². The van der Waals surface area contributed by atoms with E-state index in [-0.39, 0.29) is 4.90 Å². The monoisotopic (exact) mass is 394 g/mol. The van der Waals surface area contributed by atoms with E-state index in [1.807, 2.05) is 6.92 Å². The standard InChI is InChI=1S/C7H8O3S.C3H6N6O6/c1-6-2-4-7(5-3-6)11(8,9)10;10-7(11)4-1-5(8(12)13)3-6(2-4)9(14)15/h2-5H,1H3,(H,8,9,10);1-3H2. The fraction of sp³-hybridized carbons (Fsp3) is 0.400. The highest BCUT2D eigenvalue weighted by Crippen LogP contribution is 2.08. The Morgan fingerprint density at radius 2 is 1.15 bits per heavy atom. The summed E-state index contributed by atoms with van der Waals surface area (Å²) in [6.45, 7) is 0.0623. The fourth-order valence-corrected chi connectivity index (χ4v) is 2.20. The number of hydrazine groups is 3. The first-order chi connectivity index (χ1) is 11.9. The van der Waals surface area contributed by atoms with E-state index in [0.29, 0.717) is 15.0 Å². The van der Waals surface area contributed by atoms with Gasteiger partial charge in [-0.25, -0.2) is 30.3 Å². The van der Waals surface area contributed by atoms with Gasteiger partial charge in [-0.15, -0.1) is 0 Å². The molecule has 1 N–H and O–H groups in total. The molecule has 15 nitrogen and oxygen atoms in total. The summed E-state index contributed by atoms with van der Waals surface area (Å²) in [4.78, 5) is 30.9. The molecule has 1 saturated heterocycles. The first kappa shape index (κ1) is 20.8. The molecule has 0 saturated carbocycles. The second-order valence-electron chi connectivity index (χ2n) is 4.95. The summed E-state index contributed by atoms with van der Waals surface area (Å²) in [5, 5.41) is 29.3. The summed E-state index contributed by atoms with van der Waals surface area (Å²) >= 11 is 0. The van der Waals surface area contributed by atoms with E-state index >= 15 is 0 Å². The van der Waals surface area contributed by atoms with E-state index in [1.165, 1.54) is 12.1 Å². The van der Waals surface area contributed by atoms with Gasteiger partial charge in [-0.2, -0.15) is 8.42 Å². The van der Waals surface area contributed by atoms with Gasteiger partial charge < -0.3 is 0 Å². The van der Waals surface area contributed by atoms with Gasteiger partial charge in [0, 0.05) is 0 Å². The lowest BCUT2D eigenvalue weighted by molar-refractivity contribution is -0.775. The third-order valence-electron chi connectivity index (χ3n) is 2.99. The number of nitrogens with zero attached hydrogens (tertiary/aromatic N) is 6. The summed E-state index contributed by atoms with van der Waals surface area (Å²) in [5.41, 5.74) is 0.956. The van der Waals surface area contributed by atoms with Crippen molar-refractivity contribution in [3.05, 3.63) is 60.2 Å². The number of benzene rings is 1. The molecule has 144 valence electrons. The maximum atomic E-state index is 10.5. The summed E-state index contributed by atoms with van der Waals surface area (Å²) in [7, 11) is -4.02. The largest absolute Gasteiger partial charge is 0.294 e. The van der Waals surface area contributed by atoms with Gasteiger partial charge in [-0.3, -0.25) is 4.55 Å². The molecule has 2 rings (SSSR count). The predicted molar refractivity (Wildman–Crippen MR) is 82.1 cm³/mol. The van der Waals surface area contributed by atoms with Crippen molar-refractivity contribution in [1.82, 2.24) is 15.0 Å². The van der Waals surface area contributed by atoms with E-state index in [9.17, 15) is 38.8 Å². The maximum absolute atomic E-state index is 10.5. The number of hydrogen-bond acceptors (Lipinski definition) is 8. The van der Waals surface area contributed by atoms with Crippen LogP contribution >= 0.6 is 0 Å². The molecule has 0 atom stereocenters. The Kier molecular flexibility index (Phi) is 6.56. The van der Waals surface area contributed by atoms with Crippen molar-refractivity contribution in [2.24, 2.45) is 0 Å². The minimum absolute atomic E-state index is 0.0666. The lowest BCUT2D eigenvalue weighted by Gasteiger charge is -2.27. The molecule has 1 aromatic carbocycles. The molecule has 1 aromatic rings.